The average molecular weight is 330 g/mol. The van der Waals surface area contributed by atoms with Crippen LogP contribution >= 0.6 is 11.3 Å². The van der Waals surface area contributed by atoms with Gasteiger partial charge in [0.2, 0.25) is 5.13 Å². The summed E-state index contributed by atoms with van der Waals surface area (Å²) >= 11 is 1.39. The second-order valence-electron chi connectivity index (χ2n) is 4.93. The molecular weight excluding hydrogens is 316 g/mol. The van der Waals surface area contributed by atoms with Gasteiger partial charge in [0.1, 0.15) is 16.4 Å². The lowest BCUT2D eigenvalue weighted by molar-refractivity contribution is -0.386. The lowest BCUT2D eigenvalue weighted by atomic mass is 10.3. The molecule has 0 aliphatic heterocycles. The standard InChI is InChI=1S/C14H14N6O2S/c1-9-13(20(21)22)10(2)19(18-9)8-12-16-17-14(23-12)15-11-6-4-3-5-7-11/h3-7H,8H2,1-2H3,(H,15,17). The Hall–Kier alpha value is -2.81. The van der Waals surface area contributed by atoms with Crippen molar-refractivity contribution in [1.29, 1.82) is 0 Å². The fraction of sp³-hybridized carbons (Fsp3) is 0.214. The number of benzene rings is 1. The molecule has 0 spiro atoms. The molecule has 0 fully saturated rings. The molecule has 0 atom stereocenters. The van der Waals surface area contributed by atoms with Crippen molar-refractivity contribution in [2.24, 2.45) is 0 Å². The number of nitrogens with one attached hydrogen (secondary N) is 1. The highest BCUT2D eigenvalue weighted by molar-refractivity contribution is 7.15. The van der Waals surface area contributed by atoms with E-state index in [9.17, 15) is 10.1 Å². The van der Waals surface area contributed by atoms with Crippen LogP contribution in [-0.4, -0.2) is 24.9 Å². The van der Waals surface area contributed by atoms with Gasteiger partial charge in [-0.05, 0) is 26.0 Å². The molecule has 0 saturated heterocycles. The summed E-state index contributed by atoms with van der Waals surface area (Å²) in [7, 11) is 0. The highest BCUT2D eigenvalue weighted by Crippen LogP contribution is 2.25. The van der Waals surface area contributed by atoms with Crippen molar-refractivity contribution in [3.05, 3.63) is 56.8 Å². The number of aryl methyl sites for hydroxylation is 1. The topological polar surface area (TPSA) is 98.8 Å². The minimum atomic E-state index is -0.406. The van der Waals surface area contributed by atoms with Gasteiger partial charge >= 0.3 is 5.69 Å². The summed E-state index contributed by atoms with van der Waals surface area (Å²) in [6.45, 7) is 3.67. The van der Waals surface area contributed by atoms with Crippen molar-refractivity contribution in [3.63, 3.8) is 0 Å². The van der Waals surface area contributed by atoms with E-state index in [1.807, 2.05) is 30.3 Å². The first-order valence-corrected chi connectivity index (χ1v) is 7.69. The normalized spacial score (nSPS) is 10.7. The van der Waals surface area contributed by atoms with E-state index in [-0.39, 0.29) is 5.69 Å². The Morgan fingerprint density at radius 1 is 1.26 bits per heavy atom. The molecule has 3 aromatic rings. The summed E-state index contributed by atoms with van der Waals surface area (Å²) in [5.41, 5.74) is 1.90. The predicted octanol–water partition coefficient (Wildman–Crippen LogP) is 3.05. The van der Waals surface area contributed by atoms with E-state index < -0.39 is 4.92 Å². The van der Waals surface area contributed by atoms with Crippen molar-refractivity contribution in [2.45, 2.75) is 20.4 Å². The van der Waals surface area contributed by atoms with Gasteiger partial charge in [-0.15, -0.1) is 10.2 Å². The Kier molecular flexibility index (Phi) is 4.02. The van der Waals surface area contributed by atoms with Crippen LogP contribution < -0.4 is 5.32 Å². The van der Waals surface area contributed by atoms with Crippen molar-refractivity contribution in [3.8, 4) is 0 Å². The molecule has 0 aliphatic rings. The molecule has 118 valence electrons. The van der Waals surface area contributed by atoms with E-state index in [1.54, 1.807) is 18.5 Å². The van der Waals surface area contributed by atoms with Crippen LogP contribution in [-0.2, 0) is 6.54 Å². The Morgan fingerprint density at radius 3 is 2.65 bits per heavy atom. The zero-order valence-electron chi connectivity index (χ0n) is 12.6. The Morgan fingerprint density at radius 2 is 2.00 bits per heavy atom. The predicted molar refractivity (Wildman–Crippen MR) is 87.1 cm³/mol. The second kappa shape index (κ2) is 6.13. The first kappa shape index (κ1) is 15.1. The van der Waals surface area contributed by atoms with E-state index in [1.165, 1.54) is 11.3 Å². The molecule has 1 aromatic carbocycles. The third-order valence-corrected chi connectivity index (χ3v) is 4.13. The number of hydrogen-bond donors (Lipinski definition) is 1. The Balaban J connectivity index is 1.77. The van der Waals surface area contributed by atoms with Crippen molar-refractivity contribution < 1.29 is 4.92 Å². The lowest BCUT2D eigenvalue weighted by Gasteiger charge is -2.00. The molecule has 0 saturated carbocycles. The quantitative estimate of drug-likeness (QED) is 0.570. The van der Waals surface area contributed by atoms with Crippen LogP contribution in [0.2, 0.25) is 0 Å². The van der Waals surface area contributed by atoms with Crippen LogP contribution in [0.25, 0.3) is 0 Å². The molecule has 0 bridgehead atoms. The summed E-state index contributed by atoms with van der Waals surface area (Å²) < 4.78 is 1.58. The van der Waals surface area contributed by atoms with Gasteiger partial charge in [-0.1, -0.05) is 29.5 Å². The molecule has 3 rings (SSSR count). The number of nitrogens with zero attached hydrogens (tertiary/aromatic N) is 5. The van der Waals surface area contributed by atoms with Crippen LogP contribution in [0.5, 0.6) is 0 Å². The first-order valence-electron chi connectivity index (χ1n) is 6.87. The SMILES string of the molecule is Cc1nn(Cc2nnc(Nc3ccccc3)s2)c(C)c1[N+](=O)[O-]. The van der Waals surface area contributed by atoms with Crippen molar-refractivity contribution in [2.75, 3.05) is 5.32 Å². The Bertz CT molecular complexity index is 842. The molecule has 1 N–H and O–H groups in total. The molecule has 0 aliphatic carbocycles. The van der Waals surface area contributed by atoms with Crippen LogP contribution in [0.4, 0.5) is 16.5 Å². The van der Waals surface area contributed by atoms with Gasteiger partial charge in [0, 0.05) is 5.69 Å². The lowest BCUT2D eigenvalue weighted by Crippen LogP contribution is -2.04. The van der Waals surface area contributed by atoms with Gasteiger partial charge in [0.15, 0.2) is 0 Å². The maximum Gasteiger partial charge on any atom is 0.312 e. The van der Waals surface area contributed by atoms with E-state index in [0.29, 0.717) is 23.1 Å². The molecule has 0 amide bonds. The minimum Gasteiger partial charge on any atom is -0.330 e. The summed E-state index contributed by atoms with van der Waals surface area (Å²) in [5, 5.41) is 28.0. The fourth-order valence-electron chi connectivity index (χ4n) is 2.25. The molecule has 2 heterocycles. The third kappa shape index (κ3) is 3.19. The zero-order chi connectivity index (χ0) is 16.4. The van der Waals surface area contributed by atoms with E-state index >= 15 is 0 Å². The molecular formula is C14H14N6O2S. The summed E-state index contributed by atoms with van der Waals surface area (Å²) in [6.07, 6.45) is 0. The van der Waals surface area contributed by atoms with Crippen molar-refractivity contribution in [1.82, 2.24) is 20.0 Å². The largest absolute Gasteiger partial charge is 0.330 e. The first-order chi connectivity index (χ1) is 11.0. The molecule has 9 heteroatoms. The monoisotopic (exact) mass is 330 g/mol. The second-order valence-corrected chi connectivity index (χ2v) is 5.99. The number of nitro groups is 1. The molecule has 2 aromatic heterocycles. The van der Waals surface area contributed by atoms with Gasteiger partial charge in [-0.3, -0.25) is 14.8 Å². The minimum absolute atomic E-state index is 0.0529. The van der Waals surface area contributed by atoms with E-state index in [4.69, 9.17) is 0 Å². The Labute approximate surface area is 135 Å². The average Bonchev–Trinajstić information content (AvgIpc) is 3.05. The molecule has 0 unspecified atom stereocenters. The zero-order valence-corrected chi connectivity index (χ0v) is 13.4. The van der Waals surface area contributed by atoms with Gasteiger partial charge < -0.3 is 5.32 Å². The number of rotatable bonds is 5. The van der Waals surface area contributed by atoms with Crippen LogP contribution in [0.1, 0.15) is 16.4 Å². The highest BCUT2D eigenvalue weighted by Gasteiger charge is 2.22. The smallest absolute Gasteiger partial charge is 0.312 e. The number of hydrogen-bond acceptors (Lipinski definition) is 7. The summed E-state index contributed by atoms with van der Waals surface area (Å²) in [5.74, 6) is 0. The van der Waals surface area contributed by atoms with Gasteiger partial charge in [-0.25, -0.2) is 0 Å². The van der Waals surface area contributed by atoms with Crippen LogP contribution in [0.3, 0.4) is 0 Å². The van der Waals surface area contributed by atoms with Crippen LogP contribution in [0.15, 0.2) is 30.3 Å². The maximum atomic E-state index is 11.0. The molecule has 0 radical (unpaired) electrons. The fourth-order valence-corrected chi connectivity index (χ4v) is 2.99. The van der Waals surface area contributed by atoms with E-state index in [2.05, 4.69) is 20.6 Å². The maximum absolute atomic E-state index is 11.0. The van der Waals surface area contributed by atoms with Gasteiger partial charge in [0.25, 0.3) is 0 Å². The summed E-state index contributed by atoms with van der Waals surface area (Å²) in [6, 6.07) is 9.67. The molecule has 23 heavy (non-hydrogen) atoms. The highest BCUT2D eigenvalue weighted by atomic mass is 32.1. The number of para-hydroxylation sites is 1. The molecule has 8 nitrogen and oxygen atoms in total. The third-order valence-electron chi connectivity index (χ3n) is 3.30. The van der Waals surface area contributed by atoms with Gasteiger partial charge in [0.05, 0.1) is 11.5 Å². The van der Waals surface area contributed by atoms with E-state index in [0.717, 1.165) is 10.7 Å². The number of anilines is 2. The van der Waals surface area contributed by atoms with Crippen LogP contribution in [0, 0.1) is 24.0 Å². The van der Waals surface area contributed by atoms with Gasteiger partial charge in [-0.2, -0.15) is 5.10 Å². The number of aromatic nitrogens is 4. The summed E-state index contributed by atoms with van der Waals surface area (Å²) in [4.78, 5) is 10.6. The van der Waals surface area contributed by atoms with Crippen molar-refractivity contribution >= 4 is 27.8 Å².